The Morgan fingerprint density at radius 1 is 1.25 bits per heavy atom. The van der Waals surface area contributed by atoms with E-state index in [1.165, 1.54) is 0 Å². The van der Waals surface area contributed by atoms with Gasteiger partial charge in [-0.3, -0.25) is 0 Å². The molecule has 1 fully saturated rings. The van der Waals surface area contributed by atoms with Crippen molar-refractivity contribution in [3.8, 4) is 0 Å². The highest BCUT2D eigenvalue weighted by molar-refractivity contribution is 7.92. The van der Waals surface area contributed by atoms with Crippen LogP contribution in [0.5, 0.6) is 0 Å². The van der Waals surface area contributed by atoms with Gasteiger partial charge in [0.2, 0.25) is 0 Å². The van der Waals surface area contributed by atoms with E-state index >= 15 is 0 Å². The molecule has 0 spiro atoms. The lowest BCUT2D eigenvalue weighted by Gasteiger charge is -2.41. The summed E-state index contributed by atoms with van der Waals surface area (Å²) in [5, 5.41) is 3.10. The Morgan fingerprint density at radius 2 is 1.90 bits per heavy atom. The van der Waals surface area contributed by atoms with Gasteiger partial charge >= 0.3 is 0 Å². The predicted molar refractivity (Wildman–Crippen MR) is 83.7 cm³/mol. The van der Waals surface area contributed by atoms with Crippen LogP contribution >= 0.6 is 0 Å². The lowest BCUT2D eigenvalue weighted by Crippen LogP contribution is -2.50. The maximum Gasteiger partial charge on any atom is 0.156 e. The molecule has 1 rings (SSSR count). The van der Waals surface area contributed by atoms with Gasteiger partial charge < -0.3 is 10.1 Å². The van der Waals surface area contributed by atoms with Crippen molar-refractivity contribution in [1.82, 2.24) is 5.32 Å². The molecular formula is C15H31NO3S. The average Bonchev–Trinajstić information content (AvgIpc) is 2.36. The molecule has 120 valence electrons. The summed E-state index contributed by atoms with van der Waals surface area (Å²) in [6.07, 6.45) is 2.83. The van der Waals surface area contributed by atoms with Crippen LogP contribution < -0.4 is 5.32 Å². The fraction of sp³-hybridized carbons (Fsp3) is 1.00. The molecule has 20 heavy (non-hydrogen) atoms. The van der Waals surface area contributed by atoms with Crippen LogP contribution in [0.1, 0.15) is 47.0 Å². The highest BCUT2D eigenvalue weighted by Crippen LogP contribution is 2.40. The molecule has 1 saturated carbocycles. The van der Waals surface area contributed by atoms with Gasteiger partial charge in [0.05, 0.1) is 17.6 Å². The molecule has 0 heterocycles. The molecule has 4 nitrogen and oxygen atoms in total. The van der Waals surface area contributed by atoms with E-state index in [0.717, 1.165) is 25.8 Å². The third-order valence-corrected chi connectivity index (χ3v) is 6.70. The van der Waals surface area contributed by atoms with Gasteiger partial charge in [0.15, 0.2) is 9.84 Å². The van der Waals surface area contributed by atoms with E-state index in [2.05, 4.69) is 26.1 Å². The summed E-state index contributed by atoms with van der Waals surface area (Å²) >= 11 is 0. The molecule has 3 unspecified atom stereocenters. The zero-order valence-electron chi connectivity index (χ0n) is 13.6. The number of hydrogen-bond acceptors (Lipinski definition) is 4. The molecule has 1 N–H and O–H groups in total. The minimum absolute atomic E-state index is 0.0976. The van der Waals surface area contributed by atoms with Crippen LogP contribution in [0.3, 0.4) is 0 Å². The van der Waals surface area contributed by atoms with Gasteiger partial charge in [0.25, 0.3) is 0 Å². The van der Waals surface area contributed by atoms with Gasteiger partial charge in [-0.05, 0) is 37.1 Å². The first-order valence-electron chi connectivity index (χ1n) is 7.66. The molecule has 0 aromatic rings. The van der Waals surface area contributed by atoms with E-state index in [4.69, 9.17) is 4.74 Å². The van der Waals surface area contributed by atoms with Crippen LogP contribution in [0.25, 0.3) is 0 Å². The Balaban J connectivity index is 2.88. The van der Waals surface area contributed by atoms with Crippen LogP contribution in [0.2, 0.25) is 0 Å². The quantitative estimate of drug-likeness (QED) is 0.817. The normalized spacial score (nSPS) is 28.6. The van der Waals surface area contributed by atoms with Crippen molar-refractivity contribution in [2.45, 2.75) is 58.2 Å². The first kappa shape index (κ1) is 17.9. The number of nitrogens with one attached hydrogen (secondary N) is 1. The van der Waals surface area contributed by atoms with Crippen molar-refractivity contribution in [1.29, 1.82) is 0 Å². The fourth-order valence-corrected chi connectivity index (χ4v) is 5.12. The maximum atomic E-state index is 12.6. The first-order chi connectivity index (χ1) is 9.22. The lowest BCUT2D eigenvalue weighted by atomic mass is 9.71. The third kappa shape index (κ3) is 4.71. The highest BCUT2D eigenvalue weighted by atomic mass is 32.2. The van der Waals surface area contributed by atoms with Crippen LogP contribution in [0.15, 0.2) is 0 Å². The van der Waals surface area contributed by atoms with Crippen molar-refractivity contribution in [3.63, 3.8) is 0 Å². The van der Waals surface area contributed by atoms with E-state index in [1.807, 2.05) is 6.92 Å². The SMILES string of the molecule is CCNC1CCC(C(C)(C)C)CC1S(=O)(=O)CCOC. The molecule has 0 aliphatic heterocycles. The van der Waals surface area contributed by atoms with Crippen molar-refractivity contribution < 1.29 is 13.2 Å². The number of methoxy groups -OCH3 is 1. The minimum atomic E-state index is -3.10. The third-order valence-electron chi connectivity index (χ3n) is 4.52. The van der Waals surface area contributed by atoms with Gasteiger partial charge in [-0.25, -0.2) is 8.42 Å². The predicted octanol–water partition coefficient (Wildman–Crippen LogP) is 2.24. The van der Waals surface area contributed by atoms with Gasteiger partial charge in [-0.1, -0.05) is 27.7 Å². The van der Waals surface area contributed by atoms with Gasteiger partial charge in [0.1, 0.15) is 0 Å². The smallest absolute Gasteiger partial charge is 0.156 e. The van der Waals surface area contributed by atoms with Crippen LogP contribution in [-0.2, 0) is 14.6 Å². The molecule has 0 aromatic heterocycles. The minimum Gasteiger partial charge on any atom is -0.384 e. The molecule has 0 radical (unpaired) electrons. The van der Waals surface area contributed by atoms with E-state index in [0.29, 0.717) is 5.92 Å². The van der Waals surface area contributed by atoms with Crippen LogP contribution in [-0.4, -0.2) is 45.7 Å². The van der Waals surface area contributed by atoms with Crippen molar-refractivity contribution in [2.24, 2.45) is 11.3 Å². The molecule has 0 saturated heterocycles. The van der Waals surface area contributed by atoms with Crippen LogP contribution in [0.4, 0.5) is 0 Å². The Hall–Kier alpha value is -0.130. The Morgan fingerprint density at radius 3 is 2.40 bits per heavy atom. The topological polar surface area (TPSA) is 55.4 Å². The number of sulfone groups is 1. The average molecular weight is 305 g/mol. The number of rotatable bonds is 6. The van der Waals surface area contributed by atoms with Crippen molar-refractivity contribution in [2.75, 3.05) is 26.0 Å². The molecule has 3 atom stereocenters. The zero-order valence-corrected chi connectivity index (χ0v) is 14.4. The second-order valence-electron chi connectivity index (χ2n) is 6.94. The second-order valence-corrected chi connectivity index (χ2v) is 9.28. The zero-order chi connectivity index (χ0) is 15.4. The van der Waals surface area contributed by atoms with E-state index in [1.54, 1.807) is 7.11 Å². The standard InChI is InChI=1S/C15H31NO3S/c1-6-16-13-8-7-12(15(2,3)4)11-14(13)20(17,18)10-9-19-5/h12-14,16H,6-11H2,1-5H3. The van der Waals surface area contributed by atoms with Crippen molar-refractivity contribution >= 4 is 9.84 Å². The lowest BCUT2D eigenvalue weighted by molar-refractivity contribution is 0.162. The summed E-state index contributed by atoms with van der Waals surface area (Å²) in [6, 6.07) is 0.0976. The first-order valence-corrected chi connectivity index (χ1v) is 9.37. The van der Waals surface area contributed by atoms with Crippen molar-refractivity contribution in [3.05, 3.63) is 0 Å². The summed E-state index contributed by atoms with van der Waals surface area (Å²) in [4.78, 5) is 0. The van der Waals surface area contributed by atoms with Crippen LogP contribution in [0, 0.1) is 11.3 Å². The monoisotopic (exact) mass is 305 g/mol. The van der Waals surface area contributed by atoms with E-state index < -0.39 is 9.84 Å². The van der Waals surface area contributed by atoms with E-state index in [9.17, 15) is 8.42 Å². The number of hydrogen-bond donors (Lipinski definition) is 1. The largest absolute Gasteiger partial charge is 0.384 e. The summed E-state index contributed by atoms with van der Waals surface area (Å²) in [6.45, 7) is 9.78. The molecule has 5 heteroatoms. The fourth-order valence-electron chi connectivity index (χ4n) is 3.16. The molecule has 0 bridgehead atoms. The van der Waals surface area contributed by atoms with Gasteiger partial charge in [-0.2, -0.15) is 0 Å². The summed E-state index contributed by atoms with van der Waals surface area (Å²) in [7, 11) is -1.55. The highest BCUT2D eigenvalue weighted by Gasteiger charge is 2.41. The maximum absolute atomic E-state index is 12.6. The molecule has 0 amide bonds. The summed E-state index contributed by atoms with van der Waals surface area (Å²) in [5.41, 5.74) is 0.173. The molecule has 0 aromatic carbocycles. The van der Waals surface area contributed by atoms with Gasteiger partial charge in [0, 0.05) is 13.2 Å². The van der Waals surface area contributed by atoms with Gasteiger partial charge in [-0.15, -0.1) is 0 Å². The molecule has 1 aliphatic rings. The second kappa shape index (κ2) is 7.23. The van der Waals surface area contributed by atoms with E-state index in [-0.39, 0.29) is 29.1 Å². The Kier molecular flexibility index (Phi) is 6.48. The number of ether oxygens (including phenoxy) is 1. The summed E-state index contributed by atoms with van der Waals surface area (Å²) in [5.74, 6) is 0.604. The Labute approximate surface area is 124 Å². The molecular weight excluding hydrogens is 274 g/mol. The Bertz CT molecular complexity index is 386. The molecule has 1 aliphatic carbocycles. The summed E-state index contributed by atoms with van der Waals surface area (Å²) < 4.78 is 30.1.